The van der Waals surface area contributed by atoms with Gasteiger partial charge in [0.15, 0.2) is 0 Å². The smallest absolute Gasteiger partial charge is 0.310 e. The van der Waals surface area contributed by atoms with Crippen molar-refractivity contribution in [3.8, 4) is 0 Å². The Bertz CT molecular complexity index is 504. The monoisotopic (exact) mass is 336 g/mol. The molecule has 0 N–H and O–H groups in total. The first-order valence-electron chi connectivity index (χ1n) is 5.74. The molecule has 1 aliphatic rings. The fourth-order valence-electron chi connectivity index (χ4n) is 2.11. The van der Waals surface area contributed by atoms with Crippen LogP contribution in [0.2, 0.25) is 0 Å². The van der Waals surface area contributed by atoms with E-state index in [2.05, 4.69) is 20.9 Å². The first kappa shape index (κ1) is 14.3. The molecule has 19 heavy (non-hydrogen) atoms. The van der Waals surface area contributed by atoms with Crippen molar-refractivity contribution in [2.24, 2.45) is 5.92 Å². The lowest BCUT2D eigenvalue weighted by molar-refractivity contribution is -0.141. The van der Waals surface area contributed by atoms with Crippen LogP contribution in [-0.2, 0) is 11.0 Å². The molecule has 1 aliphatic heterocycles. The minimum Gasteiger partial charge on any atom is -0.310 e. The summed E-state index contributed by atoms with van der Waals surface area (Å²) in [6.07, 6.45) is -4.05. The molecule has 1 amide bonds. The standard InChI is InChI=1S/C12H12BrF3N2O/c1-7-9(2-3-10(17-7)12(14,15)16)18-6-8(5-13)4-11(18)19/h2-3,8H,4-6H2,1H3. The van der Waals surface area contributed by atoms with Crippen LogP contribution in [0.15, 0.2) is 12.1 Å². The summed E-state index contributed by atoms with van der Waals surface area (Å²) in [5.41, 5.74) is -0.253. The van der Waals surface area contributed by atoms with Crippen LogP contribution >= 0.6 is 15.9 Å². The zero-order chi connectivity index (χ0) is 14.2. The van der Waals surface area contributed by atoms with Crippen molar-refractivity contribution < 1.29 is 18.0 Å². The average Bonchev–Trinajstić information content (AvgIpc) is 2.69. The Morgan fingerprint density at radius 3 is 2.63 bits per heavy atom. The highest BCUT2D eigenvalue weighted by molar-refractivity contribution is 9.09. The molecule has 0 bridgehead atoms. The highest BCUT2D eigenvalue weighted by Crippen LogP contribution is 2.32. The summed E-state index contributed by atoms with van der Waals surface area (Å²) in [5, 5.41) is 0.697. The minimum atomic E-state index is -4.46. The molecule has 0 radical (unpaired) electrons. The first-order chi connectivity index (χ1) is 8.82. The number of hydrogen-bond acceptors (Lipinski definition) is 2. The molecule has 1 aromatic heterocycles. The molecule has 1 saturated heterocycles. The van der Waals surface area contributed by atoms with Crippen molar-refractivity contribution in [1.82, 2.24) is 4.98 Å². The first-order valence-corrected chi connectivity index (χ1v) is 6.86. The molecule has 0 saturated carbocycles. The molecular weight excluding hydrogens is 325 g/mol. The fraction of sp³-hybridized carbons (Fsp3) is 0.500. The number of halogens is 4. The number of rotatable bonds is 2. The predicted octanol–water partition coefficient (Wildman–Crippen LogP) is 3.16. The van der Waals surface area contributed by atoms with Crippen molar-refractivity contribution in [2.45, 2.75) is 19.5 Å². The van der Waals surface area contributed by atoms with Gasteiger partial charge in [-0.1, -0.05) is 15.9 Å². The van der Waals surface area contributed by atoms with E-state index >= 15 is 0 Å². The molecule has 1 aromatic rings. The van der Waals surface area contributed by atoms with Gasteiger partial charge in [-0.3, -0.25) is 4.79 Å². The van der Waals surface area contributed by atoms with Crippen molar-refractivity contribution in [1.29, 1.82) is 0 Å². The van der Waals surface area contributed by atoms with E-state index in [0.29, 0.717) is 24.0 Å². The van der Waals surface area contributed by atoms with E-state index in [0.717, 1.165) is 6.07 Å². The topological polar surface area (TPSA) is 33.2 Å². The van der Waals surface area contributed by atoms with Gasteiger partial charge in [0, 0.05) is 18.3 Å². The summed E-state index contributed by atoms with van der Waals surface area (Å²) >= 11 is 3.32. The van der Waals surface area contributed by atoms with Gasteiger partial charge < -0.3 is 4.90 Å². The molecule has 0 spiro atoms. The zero-order valence-electron chi connectivity index (χ0n) is 10.2. The van der Waals surface area contributed by atoms with Crippen LogP contribution in [0.1, 0.15) is 17.8 Å². The number of anilines is 1. The molecule has 1 fully saturated rings. The van der Waals surface area contributed by atoms with E-state index < -0.39 is 11.9 Å². The average molecular weight is 337 g/mol. The van der Waals surface area contributed by atoms with E-state index in [4.69, 9.17) is 0 Å². The van der Waals surface area contributed by atoms with Crippen molar-refractivity contribution >= 4 is 27.5 Å². The Morgan fingerprint density at radius 1 is 1.47 bits per heavy atom. The second-order valence-corrected chi connectivity index (χ2v) is 5.18. The Kier molecular flexibility index (Phi) is 3.85. The second-order valence-electron chi connectivity index (χ2n) is 4.53. The van der Waals surface area contributed by atoms with Crippen molar-refractivity contribution in [3.63, 3.8) is 0 Å². The predicted molar refractivity (Wildman–Crippen MR) is 68.2 cm³/mol. The van der Waals surface area contributed by atoms with Gasteiger partial charge >= 0.3 is 6.18 Å². The third kappa shape index (κ3) is 2.91. The molecule has 104 valence electrons. The Morgan fingerprint density at radius 2 is 2.16 bits per heavy atom. The third-order valence-electron chi connectivity index (χ3n) is 3.06. The van der Waals surface area contributed by atoms with Gasteiger partial charge in [0.2, 0.25) is 5.91 Å². The van der Waals surface area contributed by atoms with Crippen LogP contribution in [0.3, 0.4) is 0 Å². The minimum absolute atomic E-state index is 0.0749. The summed E-state index contributed by atoms with van der Waals surface area (Å²) in [6.45, 7) is 2.00. The van der Waals surface area contributed by atoms with Crippen molar-refractivity contribution in [3.05, 3.63) is 23.5 Å². The Hall–Kier alpha value is -1.11. The Balaban J connectivity index is 2.30. The summed E-state index contributed by atoms with van der Waals surface area (Å²) in [5.74, 6) is 0.114. The summed E-state index contributed by atoms with van der Waals surface area (Å²) in [6, 6.07) is 2.23. The molecule has 0 aromatic carbocycles. The number of nitrogens with zero attached hydrogens (tertiary/aromatic N) is 2. The van der Waals surface area contributed by atoms with Gasteiger partial charge in [0.05, 0.1) is 11.4 Å². The molecule has 7 heteroatoms. The van der Waals surface area contributed by atoms with Crippen LogP contribution in [0.5, 0.6) is 0 Å². The number of hydrogen-bond donors (Lipinski definition) is 0. The number of pyridine rings is 1. The van der Waals surface area contributed by atoms with Crippen LogP contribution in [0, 0.1) is 12.8 Å². The van der Waals surface area contributed by atoms with E-state index in [9.17, 15) is 18.0 Å². The highest BCUT2D eigenvalue weighted by Gasteiger charge is 2.35. The maximum absolute atomic E-state index is 12.5. The van der Waals surface area contributed by atoms with E-state index in [-0.39, 0.29) is 17.5 Å². The van der Waals surface area contributed by atoms with Crippen molar-refractivity contribution in [2.75, 3.05) is 16.8 Å². The van der Waals surface area contributed by atoms with Gasteiger partial charge in [0.25, 0.3) is 0 Å². The molecule has 2 heterocycles. The second kappa shape index (κ2) is 5.11. The van der Waals surface area contributed by atoms with E-state index in [1.54, 1.807) is 0 Å². The van der Waals surface area contributed by atoms with Gasteiger partial charge in [0.1, 0.15) is 5.69 Å². The summed E-state index contributed by atoms with van der Waals surface area (Å²) in [7, 11) is 0. The normalized spacial score (nSPS) is 20.2. The molecule has 2 rings (SSSR count). The quantitative estimate of drug-likeness (QED) is 0.777. The molecule has 3 nitrogen and oxygen atoms in total. The van der Waals surface area contributed by atoms with Crippen LogP contribution in [0.4, 0.5) is 18.9 Å². The maximum Gasteiger partial charge on any atom is 0.433 e. The lowest BCUT2D eigenvalue weighted by Gasteiger charge is -2.19. The van der Waals surface area contributed by atoms with Gasteiger partial charge in [-0.2, -0.15) is 13.2 Å². The zero-order valence-corrected chi connectivity index (χ0v) is 11.8. The number of amides is 1. The van der Waals surface area contributed by atoms with Crippen LogP contribution in [-0.4, -0.2) is 22.8 Å². The van der Waals surface area contributed by atoms with E-state index in [1.807, 2.05) is 0 Å². The van der Waals surface area contributed by atoms with Crippen LogP contribution in [0.25, 0.3) is 0 Å². The lowest BCUT2D eigenvalue weighted by Crippen LogP contribution is -2.26. The lowest BCUT2D eigenvalue weighted by atomic mass is 10.2. The molecule has 0 aliphatic carbocycles. The Labute approximate surface area is 116 Å². The number of aryl methyl sites for hydroxylation is 1. The molecule has 1 unspecified atom stereocenters. The fourth-order valence-corrected chi connectivity index (χ4v) is 2.55. The van der Waals surface area contributed by atoms with Gasteiger partial charge in [-0.25, -0.2) is 4.98 Å². The third-order valence-corrected chi connectivity index (χ3v) is 3.98. The molecular formula is C12H12BrF3N2O. The number of carbonyl (C=O) groups excluding carboxylic acids is 1. The molecule has 1 atom stereocenters. The van der Waals surface area contributed by atoms with Gasteiger partial charge in [-0.15, -0.1) is 0 Å². The number of alkyl halides is 4. The van der Waals surface area contributed by atoms with Crippen LogP contribution < -0.4 is 4.90 Å². The van der Waals surface area contributed by atoms with Gasteiger partial charge in [-0.05, 0) is 25.0 Å². The van der Waals surface area contributed by atoms with E-state index in [1.165, 1.54) is 17.9 Å². The largest absolute Gasteiger partial charge is 0.433 e. The highest BCUT2D eigenvalue weighted by atomic mass is 79.9. The SMILES string of the molecule is Cc1nc(C(F)(F)F)ccc1N1CC(CBr)CC1=O. The maximum atomic E-state index is 12.5. The summed E-state index contributed by atoms with van der Waals surface area (Å²) in [4.78, 5) is 16.9. The summed E-state index contributed by atoms with van der Waals surface area (Å²) < 4.78 is 37.6. The number of aromatic nitrogens is 1. The number of carbonyl (C=O) groups is 1.